The SMILES string of the molecule is CC(C)C1CCCN(C(=O)c2nnc(N)s2)CC1. The smallest absolute Gasteiger partial charge is 0.284 e. The average Bonchev–Trinajstić information content (AvgIpc) is 2.63. The van der Waals surface area contributed by atoms with Crippen molar-refractivity contribution in [3.05, 3.63) is 5.01 Å². The van der Waals surface area contributed by atoms with Crippen molar-refractivity contribution in [3.8, 4) is 0 Å². The lowest BCUT2D eigenvalue weighted by Crippen LogP contribution is -2.32. The van der Waals surface area contributed by atoms with E-state index in [2.05, 4.69) is 24.0 Å². The molecule has 1 aliphatic heterocycles. The lowest BCUT2D eigenvalue weighted by atomic mass is 9.89. The molecule has 0 spiro atoms. The molecule has 1 aromatic rings. The van der Waals surface area contributed by atoms with Crippen LogP contribution in [-0.2, 0) is 0 Å². The highest BCUT2D eigenvalue weighted by Gasteiger charge is 2.24. The van der Waals surface area contributed by atoms with Gasteiger partial charge in [-0.25, -0.2) is 0 Å². The first-order valence-electron chi connectivity index (χ1n) is 6.46. The van der Waals surface area contributed by atoms with Crippen molar-refractivity contribution in [2.24, 2.45) is 11.8 Å². The number of carbonyl (C=O) groups excluding carboxylic acids is 1. The molecule has 0 aromatic carbocycles. The van der Waals surface area contributed by atoms with Crippen molar-refractivity contribution >= 4 is 22.4 Å². The third kappa shape index (κ3) is 2.98. The van der Waals surface area contributed by atoms with Crippen molar-refractivity contribution < 1.29 is 4.79 Å². The normalized spacial score (nSPS) is 21.1. The Morgan fingerprint density at radius 1 is 1.39 bits per heavy atom. The fourth-order valence-electron chi connectivity index (χ4n) is 2.45. The molecule has 1 amide bonds. The number of hydrogen-bond donors (Lipinski definition) is 1. The third-order valence-electron chi connectivity index (χ3n) is 3.63. The lowest BCUT2D eigenvalue weighted by Gasteiger charge is -2.20. The number of rotatable bonds is 2. The van der Waals surface area contributed by atoms with E-state index in [0.29, 0.717) is 16.1 Å². The van der Waals surface area contributed by atoms with E-state index in [-0.39, 0.29) is 5.91 Å². The van der Waals surface area contributed by atoms with Crippen molar-refractivity contribution in [1.29, 1.82) is 0 Å². The second kappa shape index (κ2) is 5.65. The summed E-state index contributed by atoms with van der Waals surface area (Å²) in [6.07, 6.45) is 3.36. The van der Waals surface area contributed by atoms with Gasteiger partial charge in [0.15, 0.2) is 0 Å². The zero-order valence-electron chi connectivity index (χ0n) is 10.9. The number of aromatic nitrogens is 2. The number of anilines is 1. The summed E-state index contributed by atoms with van der Waals surface area (Å²) in [7, 11) is 0. The molecule has 0 aliphatic carbocycles. The Bertz CT molecular complexity index is 418. The Morgan fingerprint density at radius 2 is 2.17 bits per heavy atom. The molecule has 1 atom stereocenters. The first-order valence-corrected chi connectivity index (χ1v) is 7.28. The minimum Gasteiger partial charge on any atom is -0.374 e. The molecule has 5 nitrogen and oxygen atoms in total. The monoisotopic (exact) mass is 268 g/mol. The molecule has 1 fully saturated rings. The predicted molar refractivity (Wildman–Crippen MR) is 72.4 cm³/mol. The predicted octanol–water partition coefficient (Wildman–Crippen LogP) is 2.02. The Kier molecular flexibility index (Phi) is 4.16. The van der Waals surface area contributed by atoms with E-state index in [4.69, 9.17) is 5.73 Å². The highest BCUT2D eigenvalue weighted by Crippen LogP contribution is 2.25. The van der Waals surface area contributed by atoms with Crippen molar-refractivity contribution in [1.82, 2.24) is 15.1 Å². The van der Waals surface area contributed by atoms with E-state index in [1.54, 1.807) is 0 Å². The van der Waals surface area contributed by atoms with Gasteiger partial charge in [0.25, 0.3) is 5.91 Å². The second-order valence-electron chi connectivity index (χ2n) is 5.17. The summed E-state index contributed by atoms with van der Waals surface area (Å²) in [5.41, 5.74) is 5.51. The lowest BCUT2D eigenvalue weighted by molar-refractivity contribution is 0.0757. The van der Waals surface area contributed by atoms with Crippen LogP contribution in [0.2, 0.25) is 0 Å². The van der Waals surface area contributed by atoms with Gasteiger partial charge in [-0.3, -0.25) is 4.79 Å². The maximum atomic E-state index is 12.2. The molecule has 2 N–H and O–H groups in total. The minimum atomic E-state index is -0.0198. The molecule has 1 unspecified atom stereocenters. The van der Waals surface area contributed by atoms with Crippen LogP contribution in [-0.4, -0.2) is 34.1 Å². The average molecular weight is 268 g/mol. The van der Waals surface area contributed by atoms with Crippen LogP contribution in [0.4, 0.5) is 5.13 Å². The van der Waals surface area contributed by atoms with E-state index in [1.165, 1.54) is 17.8 Å². The van der Waals surface area contributed by atoms with Crippen molar-refractivity contribution in [3.63, 3.8) is 0 Å². The van der Waals surface area contributed by atoms with Gasteiger partial charge in [0.1, 0.15) is 0 Å². The quantitative estimate of drug-likeness (QED) is 0.890. The summed E-state index contributed by atoms with van der Waals surface area (Å²) in [6, 6.07) is 0. The van der Waals surface area contributed by atoms with Gasteiger partial charge in [-0.05, 0) is 31.1 Å². The zero-order chi connectivity index (χ0) is 13.1. The number of nitrogens with zero attached hydrogens (tertiary/aromatic N) is 3. The van der Waals surface area contributed by atoms with Crippen LogP contribution >= 0.6 is 11.3 Å². The maximum Gasteiger partial charge on any atom is 0.284 e. The summed E-state index contributed by atoms with van der Waals surface area (Å²) < 4.78 is 0. The zero-order valence-corrected chi connectivity index (χ0v) is 11.7. The van der Waals surface area contributed by atoms with E-state index in [9.17, 15) is 4.79 Å². The summed E-state index contributed by atoms with van der Waals surface area (Å²) in [4.78, 5) is 14.1. The van der Waals surface area contributed by atoms with Gasteiger partial charge in [-0.15, -0.1) is 10.2 Å². The fraction of sp³-hybridized carbons (Fsp3) is 0.750. The first kappa shape index (κ1) is 13.3. The molecule has 0 bridgehead atoms. The third-order valence-corrected chi connectivity index (χ3v) is 4.37. The first-order chi connectivity index (χ1) is 8.58. The molecule has 1 aliphatic rings. The molecule has 2 heterocycles. The summed E-state index contributed by atoms with van der Waals surface area (Å²) in [5, 5.41) is 8.29. The molecular formula is C12H20N4OS. The Hall–Kier alpha value is -1.17. The molecule has 6 heteroatoms. The maximum absolute atomic E-state index is 12.2. The molecule has 0 saturated carbocycles. The van der Waals surface area contributed by atoms with Crippen LogP contribution in [0, 0.1) is 11.8 Å². The number of likely N-dealkylation sites (tertiary alicyclic amines) is 1. The van der Waals surface area contributed by atoms with Gasteiger partial charge in [-0.1, -0.05) is 25.2 Å². The second-order valence-corrected chi connectivity index (χ2v) is 6.18. The van der Waals surface area contributed by atoms with Gasteiger partial charge in [0.05, 0.1) is 0 Å². The van der Waals surface area contributed by atoms with Crippen LogP contribution in [0.5, 0.6) is 0 Å². The van der Waals surface area contributed by atoms with Crippen LogP contribution in [0.1, 0.15) is 42.9 Å². The Balaban J connectivity index is 1.99. The Morgan fingerprint density at radius 3 is 2.78 bits per heavy atom. The van der Waals surface area contributed by atoms with Crippen LogP contribution in [0.3, 0.4) is 0 Å². The van der Waals surface area contributed by atoms with Gasteiger partial charge in [0, 0.05) is 13.1 Å². The summed E-state index contributed by atoms with van der Waals surface area (Å²) in [6.45, 7) is 6.16. The number of amides is 1. The molecule has 2 rings (SSSR count). The number of hydrogen-bond acceptors (Lipinski definition) is 5. The molecule has 18 heavy (non-hydrogen) atoms. The number of nitrogen functional groups attached to an aromatic ring is 1. The van der Waals surface area contributed by atoms with Crippen LogP contribution in [0.15, 0.2) is 0 Å². The van der Waals surface area contributed by atoms with Gasteiger partial charge in [-0.2, -0.15) is 0 Å². The molecule has 1 aromatic heterocycles. The molecular weight excluding hydrogens is 248 g/mol. The van der Waals surface area contributed by atoms with E-state index in [0.717, 1.165) is 31.8 Å². The van der Waals surface area contributed by atoms with E-state index >= 15 is 0 Å². The van der Waals surface area contributed by atoms with E-state index < -0.39 is 0 Å². The minimum absolute atomic E-state index is 0.0198. The Labute approximate surface area is 111 Å². The highest BCUT2D eigenvalue weighted by atomic mass is 32.1. The highest BCUT2D eigenvalue weighted by molar-refractivity contribution is 7.16. The number of carbonyl (C=O) groups is 1. The van der Waals surface area contributed by atoms with Crippen LogP contribution in [0.25, 0.3) is 0 Å². The van der Waals surface area contributed by atoms with Crippen molar-refractivity contribution in [2.45, 2.75) is 33.1 Å². The topological polar surface area (TPSA) is 72.1 Å². The fourth-order valence-corrected chi connectivity index (χ4v) is 3.03. The van der Waals surface area contributed by atoms with Gasteiger partial charge < -0.3 is 10.6 Å². The standard InChI is InChI=1S/C12H20N4OS/c1-8(2)9-4-3-6-16(7-5-9)11(17)10-14-15-12(13)18-10/h8-9H,3-7H2,1-2H3,(H2,13,15). The largest absolute Gasteiger partial charge is 0.374 e. The van der Waals surface area contributed by atoms with Gasteiger partial charge >= 0.3 is 0 Å². The molecule has 1 saturated heterocycles. The van der Waals surface area contributed by atoms with Gasteiger partial charge in [0.2, 0.25) is 10.1 Å². The number of nitrogens with two attached hydrogens (primary N) is 1. The van der Waals surface area contributed by atoms with Crippen molar-refractivity contribution in [2.75, 3.05) is 18.8 Å². The summed E-state index contributed by atoms with van der Waals surface area (Å²) in [5.74, 6) is 1.40. The molecule has 0 radical (unpaired) electrons. The van der Waals surface area contributed by atoms with Crippen LogP contribution < -0.4 is 5.73 Å². The summed E-state index contributed by atoms with van der Waals surface area (Å²) >= 11 is 1.17. The van der Waals surface area contributed by atoms with E-state index in [1.807, 2.05) is 4.90 Å². The molecule has 100 valence electrons.